The number of nitrogens with two attached hydrogens (primary N) is 1. The molecule has 0 bridgehead atoms. The van der Waals surface area contributed by atoms with E-state index in [1.807, 2.05) is 41.8 Å². The number of rotatable bonds is 7. The van der Waals surface area contributed by atoms with Crippen LogP contribution < -0.4 is 11.1 Å². The number of amides is 2. The van der Waals surface area contributed by atoms with Crippen molar-refractivity contribution >= 4 is 18.9 Å². The van der Waals surface area contributed by atoms with Crippen molar-refractivity contribution in [3.05, 3.63) is 0 Å². The summed E-state index contributed by atoms with van der Waals surface area (Å²) < 4.78 is 12.2. The van der Waals surface area contributed by atoms with Crippen molar-refractivity contribution in [2.75, 3.05) is 20.6 Å². The van der Waals surface area contributed by atoms with Gasteiger partial charge in [0.25, 0.3) is 0 Å². The molecular weight excluding hydrogens is 357 g/mol. The lowest BCUT2D eigenvalue weighted by atomic mass is 9.65. The van der Waals surface area contributed by atoms with Crippen molar-refractivity contribution in [1.82, 2.24) is 10.2 Å². The van der Waals surface area contributed by atoms with Crippen LogP contribution >= 0.6 is 0 Å². The molecule has 1 heterocycles. The van der Waals surface area contributed by atoms with Crippen LogP contribution in [-0.2, 0) is 18.9 Å². The molecule has 0 aromatic carbocycles. The molecule has 3 N–H and O–H groups in total. The average molecular weight is 395 g/mol. The summed E-state index contributed by atoms with van der Waals surface area (Å²) in [5.41, 5.74) is 4.18. The zero-order valence-corrected chi connectivity index (χ0v) is 18.6. The fourth-order valence-electron chi connectivity index (χ4n) is 4.63. The Morgan fingerprint density at radius 2 is 1.71 bits per heavy atom. The van der Waals surface area contributed by atoms with Crippen molar-refractivity contribution in [3.63, 3.8) is 0 Å². The normalized spacial score (nSPS) is 31.8. The Bertz CT molecular complexity index is 580. The van der Waals surface area contributed by atoms with Crippen LogP contribution in [0.5, 0.6) is 0 Å². The maximum absolute atomic E-state index is 12.5. The van der Waals surface area contributed by atoms with Crippen LogP contribution in [0.2, 0.25) is 6.32 Å². The lowest BCUT2D eigenvalue weighted by molar-refractivity contribution is -0.136. The van der Waals surface area contributed by atoms with Crippen molar-refractivity contribution in [3.8, 4) is 0 Å². The Balaban J connectivity index is 2.08. The third kappa shape index (κ3) is 4.89. The molecule has 0 spiro atoms. The third-order valence-corrected chi connectivity index (χ3v) is 6.77. The number of carbonyl (C=O) groups is 2. The molecule has 1 aliphatic heterocycles. The first-order valence-electron chi connectivity index (χ1n) is 10.4. The van der Waals surface area contributed by atoms with Crippen molar-refractivity contribution in [2.45, 2.75) is 83.4 Å². The number of hydrogen-bond donors (Lipinski definition) is 2. The second kappa shape index (κ2) is 8.32. The van der Waals surface area contributed by atoms with Crippen molar-refractivity contribution in [1.29, 1.82) is 0 Å². The van der Waals surface area contributed by atoms with Crippen LogP contribution in [0.4, 0.5) is 0 Å². The van der Waals surface area contributed by atoms with E-state index in [0.717, 1.165) is 25.6 Å². The Labute approximate surface area is 170 Å². The average Bonchev–Trinajstić information content (AvgIpc) is 2.73. The van der Waals surface area contributed by atoms with Gasteiger partial charge in [-0.3, -0.25) is 9.59 Å². The van der Waals surface area contributed by atoms with E-state index < -0.39 is 11.4 Å². The monoisotopic (exact) mass is 395 g/mol. The predicted octanol–water partition coefficient (Wildman–Crippen LogP) is 1.81. The zero-order valence-electron chi connectivity index (χ0n) is 18.6. The smallest absolute Gasteiger partial charge is 0.403 e. The van der Waals surface area contributed by atoms with E-state index in [0.29, 0.717) is 13.0 Å². The molecule has 1 saturated carbocycles. The highest BCUT2D eigenvalue weighted by atomic mass is 16.7. The van der Waals surface area contributed by atoms with E-state index in [2.05, 4.69) is 10.2 Å². The minimum atomic E-state index is -0.991. The molecule has 2 aliphatic rings. The maximum Gasteiger partial charge on any atom is 0.457 e. The van der Waals surface area contributed by atoms with E-state index in [1.165, 1.54) is 6.92 Å². The fourth-order valence-corrected chi connectivity index (χ4v) is 4.63. The molecule has 0 aromatic heterocycles. The molecule has 1 aliphatic carbocycles. The highest BCUT2D eigenvalue weighted by Crippen LogP contribution is 2.42. The summed E-state index contributed by atoms with van der Waals surface area (Å²) in [6.45, 7) is 10.4. The number of primary amides is 1. The van der Waals surface area contributed by atoms with E-state index >= 15 is 0 Å². The van der Waals surface area contributed by atoms with Gasteiger partial charge < -0.3 is 25.3 Å². The van der Waals surface area contributed by atoms with Gasteiger partial charge in [-0.15, -0.1) is 0 Å². The van der Waals surface area contributed by atoms with Gasteiger partial charge in [-0.1, -0.05) is 6.42 Å². The van der Waals surface area contributed by atoms with Gasteiger partial charge in [0.15, 0.2) is 0 Å². The Morgan fingerprint density at radius 3 is 2.18 bits per heavy atom. The van der Waals surface area contributed by atoms with E-state index in [4.69, 9.17) is 15.0 Å². The lowest BCUT2D eigenvalue weighted by Gasteiger charge is -2.46. The molecule has 0 aromatic rings. The molecular formula is C20H38BN3O4. The highest BCUT2D eigenvalue weighted by molar-refractivity contribution is 6.45. The molecule has 2 amide bonds. The predicted molar refractivity (Wildman–Crippen MR) is 111 cm³/mol. The summed E-state index contributed by atoms with van der Waals surface area (Å²) in [5, 5.41) is 2.93. The fraction of sp³-hybridized carbons (Fsp3) is 0.900. The van der Waals surface area contributed by atoms with Gasteiger partial charge in [0.2, 0.25) is 11.8 Å². The first-order valence-corrected chi connectivity index (χ1v) is 10.4. The molecule has 2 fully saturated rings. The molecule has 2 rings (SSSR count). The van der Waals surface area contributed by atoms with E-state index in [-0.39, 0.29) is 36.1 Å². The minimum absolute atomic E-state index is 0.0111. The summed E-state index contributed by atoms with van der Waals surface area (Å²) in [6.07, 6.45) is 4.08. The maximum atomic E-state index is 12.5. The molecule has 160 valence electrons. The third-order valence-electron chi connectivity index (χ3n) is 6.77. The molecule has 8 heteroatoms. The molecule has 7 nitrogen and oxygen atoms in total. The molecule has 28 heavy (non-hydrogen) atoms. The minimum Gasteiger partial charge on any atom is -0.403 e. The van der Waals surface area contributed by atoms with Gasteiger partial charge in [-0.05, 0) is 73.3 Å². The molecule has 0 radical (unpaired) electrons. The standard InChI is InChI=1S/C20H38BN3O4/c1-14(25)23-20(17(22)26)12-15(8-9-16(20)13-24(6)7)10-11-21-27-18(2,3)19(4,5)28-21/h15-16H,8-13H2,1-7H3,(H2,22,26)(H,23,25)/t15-,16-,20-/m0/s1. The summed E-state index contributed by atoms with van der Waals surface area (Å²) in [4.78, 5) is 26.5. The second-order valence-corrected chi connectivity index (χ2v) is 9.89. The van der Waals surface area contributed by atoms with Gasteiger partial charge in [0, 0.05) is 19.4 Å². The number of nitrogens with zero attached hydrogens (tertiary/aromatic N) is 1. The largest absolute Gasteiger partial charge is 0.457 e. The topological polar surface area (TPSA) is 93.9 Å². The number of carbonyl (C=O) groups excluding carboxylic acids is 2. The first-order chi connectivity index (χ1) is 12.8. The van der Waals surface area contributed by atoms with Crippen LogP contribution in [0.15, 0.2) is 0 Å². The van der Waals surface area contributed by atoms with Crippen molar-refractivity contribution in [2.24, 2.45) is 17.6 Å². The second-order valence-electron chi connectivity index (χ2n) is 9.89. The van der Waals surface area contributed by atoms with Crippen LogP contribution in [0, 0.1) is 11.8 Å². The van der Waals surface area contributed by atoms with Gasteiger partial charge >= 0.3 is 7.12 Å². The summed E-state index contributed by atoms with van der Waals surface area (Å²) in [5.74, 6) is -0.349. The zero-order chi connectivity index (χ0) is 21.3. The number of nitrogens with one attached hydrogen (secondary N) is 1. The van der Waals surface area contributed by atoms with Crippen LogP contribution in [0.1, 0.15) is 60.3 Å². The summed E-state index contributed by atoms with van der Waals surface area (Å²) in [6, 6.07) is 0. The first kappa shape index (κ1) is 23.2. The van der Waals surface area contributed by atoms with E-state index in [1.54, 1.807) is 0 Å². The summed E-state index contributed by atoms with van der Waals surface area (Å²) in [7, 11) is 3.71. The Kier molecular flexibility index (Phi) is 6.89. The molecule has 1 saturated heterocycles. The van der Waals surface area contributed by atoms with Gasteiger partial charge in [-0.25, -0.2) is 0 Å². The van der Waals surface area contributed by atoms with Crippen molar-refractivity contribution < 1.29 is 18.9 Å². The lowest BCUT2D eigenvalue weighted by Crippen LogP contribution is -2.65. The molecule has 0 unspecified atom stereocenters. The van der Waals surface area contributed by atoms with Gasteiger partial charge in [0.05, 0.1) is 11.2 Å². The summed E-state index contributed by atoms with van der Waals surface area (Å²) >= 11 is 0. The Hall–Kier alpha value is -1.12. The van der Waals surface area contributed by atoms with Crippen LogP contribution in [0.3, 0.4) is 0 Å². The Morgan fingerprint density at radius 1 is 1.14 bits per heavy atom. The van der Waals surface area contributed by atoms with Gasteiger partial charge in [-0.2, -0.15) is 0 Å². The highest BCUT2D eigenvalue weighted by Gasteiger charge is 2.52. The SMILES string of the molecule is CC(=O)N[C@@]1(C(N)=O)C[C@H](CCB2OC(C)(C)C(C)(C)O2)CC[C@H]1CN(C)C. The van der Waals surface area contributed by atoms with Crippen LogP contribution in [0.25, 0.3) is 0 Å². The van der Waals surface area contributed by atoms with Gasteiger partial charge in [0.1, 0.15) is 5.54 Å². The quantitative estimate of drug-likeness (QED) is 0.642. The van der Waals surface area contributed by atoms with Crippen LogP contribution in [-0.4, -0.2) is 61.2 Å². The molecule has 3 atom stereocenters. The van der Waals surface area contributed by atoms with E-state index in [9.17, 15) is 9.59 Å². The number of hydrogen-bond acceptors (Lipinski definition) is 5.